The van der Waals surface area contributed by atoms with Gasteiger partial charge < -0.3 is 0 Å². The van der Waals surface area contributed by atoms with E-state index in [0.29, 0.717) is 0 Å². The second kappa shape index (κ2) is 7.88. The van der Waals surface area contributed by atoms with Crippen LogP contribution in [-0.2, 0) is 6.42 Å². The number of hydrogen-bond acceptors (Lipinski definition) is 1. The van der Waals surface area contributed by atoms with Gasteiger partial charge in [0.1, 0.15) is 0 Å². The molecule has 0 unspecified atom stereocenters. The second-order valence-electron chi connectivity index (χ2n) is 5.09. The van der Waals surface area contributed by atoms with Crippen molar-refractivity contribution in [1.82, 2.24) is 0 Å². The van der Waals surface area contributed by atoms with Crippen molar-refractivity contribution in [3.63, 3.8) is 0 Å². The van der Waals surface area contributed by atoms with E-state index < -0.39 is 0 Å². The van der Waals surface area contributed by atoms with Gasteiger partial charge >= 0.3 is 125 Å². The quantitative estimate of drug-likeness (QED) is 0.529. The van der Waals surface area contributed by atoms with E-state index in [-0.39, 0.29) is 25.9 Å². The molecule has 19 heavy (non-hydrogen) atoms. The van der Waals surface area contributed by atoms with Gasteiger partial charge in [0.05, 0.1) is 0 Å². The van der Waals surface area contributed by atoms with Gasteiger partial charge in [-0.25, -0.2) is 0 Å². The summed E-state index contributed by atoms with van der Waals surface area (Å²) in [5, 5.41) is 0.955. The zero-order valence-electron chi connectivity index (χ0n) is 11.7. The van der Waals surface area contributed by atoms with Gasteiger partial charge in [-0.15, -0.1) is 0 Å². The van der Waals surface area contributed by atoms with Crippen molar-refractivity contribution < 1.29 is 0 Å². The van der Waals surface area contributed by atoms with Crippen LogP contribution in [0.5, 0.6) is 0 Å². The monoisotopic (exact) mass is 372 g/mol. The van der Waals surface area contributed by atoms with Crippen LogP contribution in [0.1, 0.15) is 49.0 Å². The molecule has 1 heterocycles. The van der Waals surface area contributed by atoms with Crippen molar-refractivity contribution in [2.24, 2.45) is 0 Å². The molecule has 2 rings (SSSR count). The Balaban J connectivity index is 1.92. The number of hydrogen-bond donors (Lipinski definition) is 0. The molecule has 0 N–H and O–H groups in total. The molecule has 1 aromatic carbocycles. The molecule has 0 radical (unpaired) electrons. The molecular formula is C17H22OTe. The average molecular weight is 370 g/mol. The van der Waals surface area contributed by atoms with E-state index in [9.17, 15) is 4.79 Å². The maximum absolute atomic E-state index is 12.0. The Kier molecular flexibility index (Phi) is 6.14. The van der Waals surface area contributed by atoms with E-state index >= 15 is 0 Å². The van der Waals surface area contributed by atoms with Crippen LogP contribution in [0.4, 0.5) is 0 Å². The fourth-order valence-corrected chi connectivity index (χ4v) is 5.55. The van der Waals surface area contributed by atoms with Crippen molar-refractivity contribution in [1.29, 1.82) is 0 Å². The molecule has 0 saturated heterocycles. The molecule has 1 aromatic heterocycles. The predicted molar refractivity (Wildman–Crippen MR) is 84.2 cm³/mol. The summed E-state index contributed by atoms with van der Waals surface area (Å²) in [6.07, 6.45) is 9.12. The fourth-order valence-electron chi connectivity index (χ4n) is 2.36. The molecule has 0 aliphatic rings. The Hall–Kier alpha value is -0.580. The summed E-state index contributed by atoms with van der Waals surface area (Å²) in [5.74, 6) is 0. The van der Waals surface area contributed by atoms with Crippen LogP contribution >= 0.6 is 0 Å². The predicted octanol–water partition coefficient (Wildman–Crippen LogP) is 4.16. The van der Waals surface area contributed by atoms with Crippen molar-refractivity contribution in [2.75, 3.05) is 0 Å². The first-order chi connectivity index (χ1) is 9.31. The van der Waals surface area contributed by atoms with E-state index in [1.165, 1.54) is 45.5 Å². The topological polar surface area (TPSA) is 17.1 Å². The number of fused-ring (bicyclic) bond motifs is 1. The standard InChI is InChI=1S/C17H22OTe/c1-2-3-4-5-6-7-10-14-13-16(18)15-11-8-9-12-17(15)19-14/h8-9,11-13H,2-7,10H2,1H3. The summed E-state index contributed by atoms with van der Waals surface area (Å²) in [7, 11) is 0. The summed E-state index contributed by atoms with van der Waals surface area (Å²) in [4.78, 5) is 12.0. The molecule has 0 saturated carbocycles. The molecule has 102 valence electrons. The number of benzene rings is 1. The van der Waals surface area contributed by atoms with Crippen molar-refractivity contribution in [3.05, 3.63) is 44.1 Å². The maximum atomic E-state index is 12.0. The minimum absolute atomic E-state index is 0.230. The van der Waals surface area contributed by atoms with Gasteiger partial charge in [0.2, 0.25) is 0 Å². The summed E-state index contributed by atoms with van der Waals surface area (Å²) in [6.45, 7) is 2.25. The van der Waals surface area contributed by atoms with Crippen molar-refractivity contribution in [2.45, 2.75) is 51.9 Å². The zero-order chi connectivity index (χ0) is 13.5. The van der Waals surface area contributed by atoms with Crippen LogP contribution in [0.3, 0.4) is 0 Å². The van der Waals surface area contributed by atoms with E-state index in [4.69, 9.17) is 0 Å². The average Bonchev–Trinajstić information content (AvgIpc) is 2.43. The molecule has 0 amide bonds. The molecule has 0 bridgehead atoms. The first kappa shape index (κ1) is 14.8. The van der Waals surface area contributed by atoms with Crippen LogP contribution in [-0.4, -0.2) is 20.4 Å². The van der Waals surface area contributed by atoms with Gasteiger partial charge in [-0.05, 0) is 0 Å². The van der Waals surface area contributed by atoms with Gasteiger partial charge in [-0.2, -0.15) is 0 Å². The molecule has 0 fully saturated rings. The fraction of sp³-hybridized carbons (Fsp3) is 0.471. The van der Waals surface area contributed by atoms with E-state index in [2.05, 4.69) is 19.1 Å². The summed E-state index contributed by atoms with van der Waals surface area (Å²) >= 11 is -0.279. The molecule has 1 nitrogen and oxygen atoms in total. The number of aryl methyl sites for hydroxylation is 1. The van der Waals surface area contributed by atoms with Gasteiger partial charge in [0.25, 0.3) is 0 Å². The number of unbranched alkanes of at least 4 members (excludes halogenated alkanes) is 5. The Morgan fingerprint density at radius 2 is 1.74 bits per heavy atom. The van der Waals surface area contributed by atoms with Crippen LogP contribution in [0.25, 0.3) is 8.79 Å². The molecular weight excluding hydrogens is 348 g/mol. The Labute approximate surface area is 125 Å². The Morgan fingerprint density at radius 1 is 1.00 bits per heavy atom. The van der Waals surface area contributed by atoms with Gasteiger partial charge in [0.15, 0.2) is 0 Å². The van der Waals surface area contributed by atoms with E-state index in [1.807, 2.05) is 18.2 Å². The molecule has 0 aliphatic carbocycles. The van der Waals surface area contributed by atoms with Crippen LogP contribution in [0.15, 0.2) is 35.1 Å². The Bertz CT molecular complexity index is 571. The van der Waals surface area contributed by atoms with Crippen molar-refractivity contribution in [3.8, 4) is 0 Å². The third kappa shape index (κ3) is 4.48. The molecule has 0 atom stereocenters. The second-order valence-corrected chi connectivity index (χ2v) is 8.43. The summed E-state index contributed by atoms with van der Waals surface area (Å²) in [5.41, 5.74) is 0.230. The first-order valence-electron chi connectivity index (χ1n) is 7.33. The third-order valence-electron chi connectivity index (χ3n) is 3.46. The van der Waals surface area contributed by atoms with Crippen molar-refractivity contribution >= 4 is 29.2 Å². The van der Waals surface area contributed by atoms with Crippen LogP contribution in [0, 0.1) is 0 Å². The van der Waals surface area contributed by atoms with Crippen LogP contribution < -0.4 is 5.43 Å². The normalized spacial score (nSPS) is 11.0. The number of rotatable bonds is 7. The zero-order valence-corrected chi connectivity index (χ0v) is 14.0. The van der Waals surface area contributed by atoms with E-state index in [1.54, 1.807) is 0 Å². The molecule has 2 heteroatoms. The van der Waals surface area contributed by atoms with E-state index in [0.717, 1.165) is 11.8 Å². The SMILES string of the molecule is CCCCCCCCc1cc(=O)c2ccccc2[te]1. The van der Waals surface area contributed by atoms with Crippen LogP contribution in [0.2, 0.25) is 0 Å². The van der Waals surface area contributed by atoms with Gasteiger partial charge in [-0.3, -0.25) is 0 Å². The van der Waals surface area contributed by atoms with Gasteiger partial charge in [-0.1, -0.05) is 0 Å². The Morgan fingerprint density at radius 3 is 2.58 bits per heavy atom. The summed E-state index contributed by atoms with van der Waals surface area (Å²) in [6, 6.07) is 10.1. The minimum atomic E-state index is -0.279. The summed E-state index contributed by atoms with van der Waals surface area (Å²) < 4.78 is 2.78. The van der Waals surface area contributed by atoms with Gasteiger partial charge in [0, 0.05) is 0 Å². The first-order valence-corrected chi connectivity index (χ1v) is 9.66. The molecule has 0 aliphatic heterocycles. The molecule has 0 spiro atoms. The molecule has 2 aromatic rings. The third-order valence-corrected chi connectivity index (χ3v) is 6.77.